The molecule has 0 N–H and O–H groups in total. The Morgan fingerprint density at radius 1 is 1.06 bits per heavy atom. The molecule has 0 saturated carbocycles. The van der Waals surface area contributed by atoms with Crippen molar-refractivity contribution in [3.8, 4) is 0 Å². The summed E-state index contributed by atoms with van der Waals surface area (Å²) >= 11 is 0. The number of rotatable bonds is 7. The fraction of sp³-hybridized carbons (Fsp3) is 1.00. The van der Waals surface area contributed by atoms with Crippen molar-refractivity contribution in [3.05, 3.63) is 0 Å². The molecule has 2 nitrogen and oxygen atoms in total. The smallest absolute Gasteiger partial charge is 0.380 e. The average molecular weight is 292 g/mol. The van der Waals surface area contributed by atoms with Gasteiger partial charge in [-0.1, -0.05) is 0 Å². The number of alkyl halides is 8. The van der Waals surface area contributed by atoms with Crippen LogP contribution in [-0.4, -0.2) is 47.9 Å². The lowest BCUT2D eigenvalue weighted by atomic mass is 10.1. The van der Waals surface area contributed by atoms with Gasteiger partial charge in [-0.2, -0.15) is 26.3 Å². The van der Waals surface area contributed by atoms with Gasteiger partial charge in [0.25, 0.3) is 0 Å². The molecule has 0 aliphatic carbocycles. The van der Waals surface area contributed by atoms with Gasteiger partial charge in [0.2, 0.25) is 0 Å². The Labute approximate surface area is 92.9 Å². The third-order valence-corrected chi connectivity index (χ3v) is 2.24. The molecule has 11 heteroatoms. The highest BCUT2D eigenvalue weighted by Crippen LogP contribution is 2.48. The van der Waals surface area contributed by atoms with Crippen LogP contribution >= 0.6 is 0 Å². The highest BCUT2D eigenvalue weighted by atomic mass is 28.3. The van der Waals surface area contributed by atoms with Crippen LogP contribution in [0.25, 0.3) is 0 Å². The summed E-state index contributed by atoms with van der Waals surface area (Å²) in [6.07, 6.45) is -4.91. The average Bonchev–Trinajstić information content (AvgIpc) is 2.17. The van der Waals surface area contributed by atoms with Crippen molar-refractivity contribution in [3.63, 3.8) is 0 Å². The first-order valence-corrected chi connectivity index (χ1v) is 5.14. The van der Waals surface area contributed by atoms with Crippen LogP contribution in [0.4, 0.5) is 35.1 Å². The minimum Gasteiger partial charge on any atom is -0.402 e. The summed E-state index contributed by atoms with van der Waals surface area (Å²) in [5.74, 6) is -17.8. The van der Waals surface area contributed by atoms with Gasteiger partial charge in [-0.05, 0) is 0 Å². The molecular formula is C6H8F8O2Si. The van der Waals surface area contributed by atoms with E-state index in [1.165, 1.54) is 0 Å². The van der Waals surface area contributed by atoms with E-state index in [4.69, 9.17) is 0 Å². The molecule has 0 atom stereocenters. The van der Waals surface area contributed by atoms with Gasteiger partial charge in [0, 0.05) is 7.11 Å². The highest BCUT2D eigenvalue weighted by Gasteiger charge is 2.75. The van der Waals surface area contributed by atoms with Crippen LogP contribution in [0.2, 0.25) is 0 Å². The van der Waals surface area contributed by atoms with Crippen LogP contribution in [0.1, 0.15) is 0 Å². The van der Waals surface area contributed by atoms with Crippen molar-refractivity contribution in [1.82, 2.24) is 0 Å². The third kappa shape index (κ3) is 3.28. The van der Waals surface area contributed by atoms with E-state index in [-0.39, 0.29) is 0 Å². The summed E-state index contributed by atoms with van der Waals surface area (Å²) in [4.78, 5) is 0. The summed E-state index contributed by atoms with van der Waals surface area (Å²) in [5.41, 5.74) is 0. The Bertz CT molecular complexity index is 246. The molecular weight excluding hydrogens is 284 g/mol. The van der Waals surface area contributed by atoms with Gasteiger partial charge in [0.05, 0.1) is 0 Å². The minimum atomic E-state index is -6.21. The number of hydrogen-bond acceptors (Lipinski definition) is 2. The Morgan fingerprint density at radius 3 is 1.88 bits per heavy atom. The molecule has 104 valence electrons. The van der Waals surface area contributed by atoms with Gasteiger partial charge in [-0.15, -0.1) is 0 Å². The summed E-state index contributed by atoms with van der Waals surface area (Å²) in [7, 11) is -1.00. The van der Waals surface area contributed by atoms with E-state index >= 15 is 0 Å². The molecule has 0 fully saturated rings. The fourth-order valence-electron chi connectivity index (χ4n) is 0.725. The Kier molecular flexibility index (Phi) is 5.34. The lowest BCUT2D eigenvalue weighted by molar-refractivity contribution is -0.342. The molecule has 0 spiro atoms. The van der Waals surface area contributed by atoms with Crippen molar-refractivity contribution < 1.29 is 44.0 Å². The molecule has 0 bridgehead atoms. The first kappa shape index (κ1) is 16.6. The summed E-state index contributed by atoms with van der Waals surface area (Å²) in [6.45, 7) is -2.11. The molecule has 0 aromatic rings. The quantitative estimate of drug-likeness (QED) is 0.405. The second-order valence-electron chi connectivity index (χ2n) is 2.96. The minimum absolute atomic E-state index is 1.02. The summed E-state index contributed by atoms with van der Waals surface area (Å²) < 4.78 is 106. The molecule has 0 heterocycles. The Hall–Kier alpha value is -0.423. The fourth-order valence-corrected chi connectivity index (χ4v) is 1.23. The molecule has 0 aromatic heterocycles. The van der Waals surface area contributed by atoms with Crippen LogP contribution in [0, 0.1) is 0 Å². The number of hydrogen-bond donors (Lipinski definition) is 0. The van der Waals surface area contributed by atoms with Crippen molar-refractivity contribution in [1.29, 1.82) is 0 Å². The third-order valence-electron chi connectivity index (χ3n) is 1.64. The van der Waals surface area contributed by atoms with Crippen molar-refractivity contribution in [2.75, 3.05) is 13.7 Å². The van der Waals surface area contributed by atoms with Crippen LogP contribution in [-0.2, 0) is 8.85 Å². The maximum Gasteiger partial charge on any atom is 0.380 e. The molecule has 0 rings (SSSR count). The van der Waals surface area contributed by atoms with Crippen LogP contribution in [0.3, 0.4) is 0 Å². The van der Waals surface area contributed by atoms with Crippen LogP contribution < -0.4 is 0 Å². The largest absolute Gasteiger partial charge is 0.402 e. The van der Waals surface area contributed by atoms with E-state index in [0.29, 0.717) is 0 Å². The molecule has 0 unspecified atom stereocenters. The molecule has 0 aliphatic heterocycles. The van der Waals surface area contributed by atoms with Gasteiger partial charge >= 0.3 is 34.2 Å². The van der Waals surface area contributed by atoms with Gasteiger partial charge in [-0.3, -0.25) is 0 Å². The van der Waals surface area contributed by atoms with Gasteiger partial charge in [0.1, 0.15) is 6.61 Å². The van der Waals surface area contributed by atoms with Crippen LogP contribution in [0.15, 0.2) is 0 Å². The summed E-state index contributed by atoms with van der Waals surface area (Å²) in [5, 5.41) is 0. The van der Waals surface area contributed by atoms with Crippen molar-refractivity contribution in [2.45, 2.75) is 24.2 Å². The van der Waals surface area contributed by atoms with Crippen LogP contribution in [0.5, 0.6) is 0 Å². The molecule has 0 aromatic carbocycles. The van der Waals surface area contributed by atoms with E-state index in [9.17, 15) is 35.1 Å². The lowest BCUT2D eigenvalue weighted by Crippen LogP contribution is -2.59. The molecule has 0 radical (unpaired) electrons. The Balaban J connectivity index is 4.88. The number of halogens is 8. The first-order chi connectivity index (χ1) is 7.50. The van der Waals surface area contributed by atoms with Crippen molar-refractivity contribution in [2.24, 2.45) is 0 Å². The van der Waals surface area contributed by atoms with E-state index in [0.717, 1.165) is 7.11 Å². The first-order valence-electron chi connectivity index (χ1n) is 3.99. The highest BCUT2D eigenvalue weighted by molar-refractivity contribution is 6.17. The second kappa shape index (κ2) is 5.48. The molecule has 17 heavy (non-hydrogen) atoms. The lowest BCUT2D eigenvalue weighted by Gasteiger charge is -2.31. The van der Waals surface area contributed by atoms with Gasteiger partial charge < -0.3 is 8.85 Å². The van der Waals surface area contributed by atoms with E-state index in [1.54, 1.807) is 0 Å². The van der Waals surface area contributed by atoms with Gasteiger partial charge in [-0.25, -0.2) is 8.78 Å². The predicted molar refractivity (Wildman–Crippen MR) is 42.4 cm³/mol. The zero-order valence-electron chi connectivity index (χ0n) is 8.33. The second-order valence-corrected chi connectivity index (χ2v) is 4.18. The SMILES string of the molecule is CO[SiH2]OCC(F)(F)C(F)(F)C(F)(F)C(F)F. The zero-order valence-corrected chi connectivity index (χ0v) is 9.75. The maximum atomic E-state index is 12.7. The van der Waals surface area contributed by atoms with E-state index in [2.05, 4.69) is 8.85 Å². The van der Waals surface area contributed by atoms with E-state index in [1.807, 2.05) is 0 Å². The summed E-state index contributed by atoms with van der Waals surface area (Å²) in [6, 6.07) is 0. The van der Waals surface area contributed by atoms with Gasteiger partial charge in [0.15, 0.2) is 0 Å². The topological polar surface area (TPSA) is 18.5 Å². The zero-order chi connectivity index (χ0) is 13.9. The predicted octanol–water partition coefficient (Wildman–Crippen LogP) is 1.82. The molecule has 0 aliphatic rings. The molecule has 0 amide bonds. The van der Waals surface area contributed by atoms with Crippen molar-refractivity contribution >= 4 is 10.0 Å². The standard InChI is InChI=1S/C6H8F8O2Si/c1-15-17-16-2-4(9,10)6(13,14)5(11,12)3(7)8/h3H,2,17H2,1H3. The monoisotopic (exact) mass is 292 g/mol. The normalized spacial score (nSPS) is 15.2. The maximum absolute atomic E-state index is 12.7. The van der Waals surface area contributed by atoms with E-state index < -0.39 is 40.8 Å². The molecule has 0 saturated heterocycles. The Morgan fingerprint density at radius 2 is 1.53 bits per heavy atom.